The fraction of sp³-hybridized carbons (Fsp3) is 0.227. The van der Waals surface area contributed by atoms with E-state index < -0.39 is 9.84 Å². The molecule has 1 N–H and O–H groups in total. The van der Waals surface area contributed by atoms with Crippen LogP contribution in [0.4, 0.5) is 0 Å². The van der Waals surface area contributed by atoms with Gasteiger partial charge in [-0.3, -0.25) is 14.2 Å². The number of H-pyrrole nitrogens is 1. The topological polar surface area (TPSA) is 92.2 Å². The van der Waals surface area contributed by atoms with Gasteiger partial charge in [0, 0.05) is 29.1 Å². The number of sulfone groups is 1. The van der Waals surface area contributed by atoms with Gasteiger partial charge in [-0.25, -0.2) is 8.42 Å². The first-order chi connectivity index (χ1) is 15.5. The molecule has 0 fully saturated rings. The zero-order valence-electron chi connectivity index (χ0n) is 17.6. The SMILES string of the molecule is CC1Cc2c([nH]c(=S)n(-c3ccc(S(C)(=O)=O)cc3)c2=O)CN1C(=O)c1ccc(Cl)c(Cl)c1. The van der Waals surface area contributed by atoms with Crippen molar-refractivity contribution < 1.29 is 13.2 Å². The Morgan fingerprint density at radius 3 is 2.39 bits per heavy atom. The molecule has 0 bridgehead atoms. The average molecular weight is 524 g/mol. The minimum atomic E-state index is -3.36. The van der Waals surface area contributed by atoms with Crippen LogP contribution in [0.2, 0.25) is 10.0 Å². The molecule has 7 nitrogen and oxygen atoms in total. The first-order valence-electron chi connectivity index (χ1n) is 9.91. The summed E-state index contributed by atoms with van der Waals surface area (Å²) >= 11 is 17.4. The van der Waals surface area contributed by atoms with E-state index in [-0.39, 0.29) is 38.7 Å². The Kier molecular flexibility index (Phi) is 6.26. The maximum Gasteiger partial charge on any atom is 0.262 e. The van der Waals surface area contributed by atoms with Gasteiger partial charge in [-0.05, 0) is 68.0 Å². The molecule has 2 aromatic carbocycles. The fourth-order valence-electron chi connectivity index (χ4n) is 3.84. The molecule has 1 atom stereocenters. The van der Waals surface area contributed by atoms with Crippen LogP contribution in [-0.4, -0.2) is 41.1 Å². The van der Waals surface area contributed by atoms with Crippen LogP contribution in [0.25, 0.3) is 5.69 Å². The van der Waals surface area contributed by atoms with Crippen LogP contribution in [-0.2, 0) is 22.8 Å². The van der Waals surface area contributed by atoms with Crippen LogP contribution in [0.5, 0.6) is 0 Å². The van der Waals surface area contributed by atoms with Crippen LogP contribution in [0.15, 0.2) is 52.2 Å². The molecule has 0 saturated heterocycles. The van der Waals surface area contributed by atoms with Gasteiger partial charge in [-0.15, -0.1) is 0 Å². The van der Waals surface area contributed by atoms with Crippen molar-refractivity contribution >= 4 is 51.2 Å². The van der Waals surface area contributed by atoms with Gasteiger partial charge >= 0.3 is 0 Å². The number of amides is 1. The molecule has 1 unspecified atom stereocenters. The minimum absolute atomic E-state index is 0.150. The summed E-state index contributed by atoms with van der Waals surface area (Å²) in [5.74, 6) is -0.230. The molecule has 0 radical (unpaired) electrons. The second kappa shape index (κ2) is 8.72. The third-order valence-electron chi connectivity index (χ3n) is 5.60. The molecule has 4 rings (SSSR count). The van der Waals surface area contributed by atoms with Gasteiger partial charge in [0.25, 0.3) is 11.5 Å². The number of hydrogen-bond donors (Lipinski definition) is 1. The minimum Gasteiger partial charge on any atom is -0.333 e. The highest BCUT2D eigenvalue weighted by Crippen LogP contribution is 2.26. The number of hydrogen-bond acceptors (Lipinski definition) is 5. The number of aromatic nitrogens is 2. The molecule has 1 aromatic heterocycles. The lowest BCUT2D eigenvalue weighted by Crippen LogP contribution is -2.45. The predicted octanol–water partition coefficient (Wildman–Crippen LogP) is 4.19. The third kappa shape index (κ3) is 4.50. The van der Waals surface area contributed by atoms with Crippen molar-refractivity contribution in [2.45, 2.75) is 30.8 Å². The number of carbonyl (C=O) groups excluding carboxylic acids is 1. The molecular formula is C22H19Cl2N3O4S2. The van der Waals surface area contributed by atoms with E-state index in [4.69, 9.17) is 35.4 Å². The van der Waals surface area contributed by atoms with Crippen LogP contribution in [0, 0.1) is 4.77 Å². The van der Waals surface area contributed by atoms with E-state index in [0.29, 0.717) is 34.0 Å². The normalized spacial score (nSPS) is 15.9. The number of halogens is 2. The monoisotopic (exact) mass is 523 g/mol. The summed E-state index contributed by atoms with van der Waals surface area (Å²) in [7, 11) is -3.36. The van der Waals surface area contributed by atoms with E-state index in [0.717, 1.165) is 6.26 Å². The van der Waals surface area contributed by atoms with E-state index in [1.165, 1.54) is 22.8 Å². The Labute approximate surface area is 205 Å². The molecule has 2 heterocycles. The smallest absolute Gasteiger partial charge is 0.262 e. The van der Waals surface area contributed by atoms with Crippen molar-refractivity contribution in [1.29, 1.82) is 0 Å². The quantitative estimate of drug-likeness (QED) is 0.519. The van der Waals surface area contributed by atoms with Gasteiger partial charge in [-0.2, -0.15) is 0 Å². The number of nitrogens with one attached hydrogen (secondary N) is 1. The van der Waals surface area contributed by atoms with Gasteiger partial charge in [0.1, 0.15) is 0 Å². The fourth-order valence-corrected chi connectivity index (χ4v) is 5.08. The van der Waals surface area contributed by atoms with Gasteiger partial charge in [-0.1, -0.05) is 23.2 Å². The van der Waals surface area contributed by atoms with Crippen LogP contribution >= 0.6 is 35.4 Å². The lowest BCUT2D eigenvalue weighted by atomic mass is 9.98. The molecule has 0 aliphatic carbocycles. The highest BCUT2D eigenvalue weighted by molar-refractivity contribution is 7.90. The first kappa shape index (κ1) is 23.7. The summed E-state index contributed by atoms with van der Waals surface area (Å²) in [4.78, 5) is 31.3. The average Bonchev–Trinajstić information content (AvgIpc) is 2.75. The van der Waals surface area contributed by atoms with Gasteiger partial charge < -0.3 is 9.88 Å². The highest BCUT2D eigenvalue weighted by Gasteiger charge is 2.30. The molecule has 33 heavy (non-hydrogen) atoms. The van der Waals surface area contributed by atoms with Crippen molar-refractivity contribution in [2.24, 2.45) is 0 Å². The Bertz CT molecular complexity index is 1500. The van der Waals surface area contributed by atoms with E-state index in [2.05, 4.69) is 4.98 Å². The van der Waals surface area contributed by atoms with E-state index >= 15 is 0 Å². The molecule has 1 aliphatic rings. The Hall–Kier alpha value is -2.46. The molecule has 1 aliphatic heterocycles. The Balaban J connectivity index is 1.71. The maximum absolute atomic E-state index is 13.3. The van der Waals surface area contributed by atoms with E-state index in [1.54, 1.807) is 29.2 Å². The summed E-state index contributed by atoms with van der Waals surface area (Å²) in [6, 6.07) is 10.4. The summed E-state index contributed by atoms with van der Waals surface area (Å²) in [5, 5.41) is 0.649. The highest BCUT2D eigenvalue weighted by atomic mass is 35.5. The third-order valence-corrected chi connectivity index (χ3v) is 7.75. The second-order valence-corrected chi connectivity index (χ2v) is 11.1. The van der Waals surface area contributed by atoms with Crippen molar-refractivity contribution in [3.63, 3.8) is 0 Å². The van der Waals surface area contributed by atoms with Crippen molar-refractivity contribution in [2.75, 3.05) is 6.26 Å². The zero-order valence-corrected chi connectivity index (χ0v) is 20.8. The summed E-state index contributed by atoms with van der Waals surface area (Å²) in [6.45, 7) is 2.05. The largest absolute Gasteiger partial charge is 0.333 e. The molecule has 0 saturated carbocycles. The Morgan fingerprint density at radius 2 is 1.79 bits per heavy atom. The zero-order chi connectivity index (χ0) is 24.1. The predicted molar refractivity (Wildman–Crippen MR) is 130 cm³/mol. The Morgan fingerprint density at radius 1 is 1.12 bits per heavy atom. The lowest BCUT2D eigenvalue weighted by molar-refractivity contribution is 0.0653. The van der Waals surface area contributed by atoms with E-state index in [9.17, 15) is 18.0 Å². The summed E-state index contributed by atoms with van der Waals surface area (Å²) in [6.07, 6.45) is 1.44. The number of aromatic amines is 1. The standard InChI is InChI=1S/C22H19Cl2N3O4S2/c1-12-9-16-19(11-26(12)20(28)13-3-8-17(23)18(24)10-13)25-22(32)27(21(16)29)14-4-6-15(7-5-14)33(2,30)31/h3-8,10,12H,9,11H2,1-2H3,(H,25,32). The molecular weight excluding hydrogens is 505 g/mol. The molecule has 0 spiro atoms. The van der Waals surface area contributed by atoms with Crippen molar-refractivity contribution in [3.8, 4) is 5.69 Å². The van der Waals surface area contributed by atoms with E-state index in [1.807, 2.05) is 6.92 Å². The molecule has 11 heteroatoms. The van der Waals surface area contributed by atoms with Crippen LogP contribution in [0.1, 0.15) is 28.5 Å². The first-order valence-corrected chi connectivity index (χ1v) is 13.0. The van der Waals surface area contributed by atoms with Gasteiger partial charge in [0.05, 0.1) is 27.2 Å². The lowest BCUT2D eigenvalue weighted by Gasteiger charge is -2.34. The van der Waals surface area contributed by atoms with Crippen LogP contribution in [0.3, 0.4) is 0 Å². The molecule has 3 aromatic rings. The summed E-state index contributed by atoms with van der Waals surface area (Å²) in [5.41, 5.74) is 1.66. The van der Waals surface area contributed by atoms with Crippen LogP contribution < -0.4 is 5.56 Å². The number of nitrogens with zero attached hydrogens (tertiary/aromatic N) is 2. The van der Waals surface area contributed by atoms with Gasteiger partial charge in [0.2, 0.25) is 0 Å². The number of fused-ring (bicyclic) bond motifs is 1. The maximum atomic E-state index is 13.3. The number of carbonyl (C=O) groups is 1. The van der Waals surface area contributed by atoms with Crippen molar-refractivity contribution in [1.82, 2.24) is 14.5 Å². The molecule has 172 valence electrons. The summed E-state index contributed by atoms with van der Waals surface area (Å²) < 4.78 is 24.9. The molecule has 1 amide bonds. The van der Waals surface area contributed by atoms with Crippen molar-refractivity contribution in [3.05, 3.63) is 84.5 Å². The second-order valence-electron chi connectivity index (χ2n) is 7.91. The number of benzene rings is 2. The number of rotatable bonds is 3. The van der Waals surface area contributed by atoms with Gasteiger partial charge in [0.15, 0.2) is 14.6 Å².